The normalized spacial score (nSPS) is 10.2. The highest BCUT2D eigenvalue weighted by Crippen LogP contribution is 2.16. The van der Waals surface area contributed by atoms with Crippen molar-refractivity contribution in [2.75, 3.05) is 11.9 Å². The van der Waals surface area contributed by atoms with E-state index in [4.69, 9.17) is 4.74 Å². The van der Waals surface area contributed by atoms with Crippen LogP contribution in [-0.4, -0.2) is 29.0 Å². The molecule has 1 amide bonds. The molecule has 0 aliphatic rings. The Bertz CT molecular complexity index is 562. The van der Waals surface area contributed by atoms with Gasteiger partial charge in [0.25, 0.3) is 0 Å². The molecule has 0 saturated heterocycles. The van der Waals surface area contributed by atoms with E-state index in [9.17, 15) is 9.59 Å². The molecule has 1 aromatic heterocycles. The zero-order valence-electron chi connectivity index (χ0n) is 9.19. The predicted octanol–water partition coefficient (Wildman–Crippen LogP) is 1.31. The van der Waals surface area contributed by atoms with E-state index in [2.05, 4.69) is 15.3 Å². The van der Waals surface area contributed by atoms with Gasteiger partial charge in [-0.25, -0.2) is 9.78 Å². The van der Waals surface area contributed by atoms with Crippen LogP contribution >= 0.6 is 0 Å². The molecule has 0 saturated carbocycles. The van der Waals surface area contributed by atoms with E-state index in [-0.39, 0.29) is 5.97 Å². The highest BCUT2D eigenvalue weighted by atomic mass is 16.5. The van der Waals surface area contributed by atoms with E-state index in [1.807, 2.05) is 0 Å². The minimum atomic E-state index is -0.381. The lowest BCUT2D eigenvalue weighted by molar-refractivity contribution is -0.105. The predicted molar refractivity (Wildman–Crippen MR) is 61.7 cm³/mol. The van der Waals surface area contributed by atoms with E-state index >= 15 is 0 Å². The van der Waals surface area contributed by atoms with Gasteiger partial charge in [-0.3, -0.25) is 10.1 Å². The van der Waals surface area contributed by atoms with E-state index in [1.54, 1.807) is 25.1 Å². The number of aromatic amines is 1. The summed E-state index contributed by atoms with van der Waals surface area (Å²) in [5.74, 6) is -0.0371. The summed E-state index contributed by atoms with van der Waals surface area (Å²) in [6.45, 7) is 2.08. The summed E-state index contributed by atoms with van der Waals surface area (Å²) in [4.78, 5) is 28.7. The lowest BCUT2D eigenvalue weighted by Gasteiger charge is -2.00. The van der Waals surface area contributed by atoms with Crippen molar-refractivity contribution in [2.24, 2.45) is 0 Å². The minimum Gasteiger partial charge on any atom is -0.462 e. The second-order valence-electron chi connectivity index (χ2n) is 3.30. The molecule has 2 rings (SSSR count). The molecule has 0 bridgehead atoms. The molecule has 0 unspecified atom stereocenters. The second kappa shape index (κ2) is 4.65. The number of hydrogen-bond acceptors (Lipinski definition) is 4. The fraction of sp³-hybridized carbons (Fsp3) is 0.182. The third kappa shape index (κ3) is 2.25. The van der Waals surface area contributed by atoms with Crippen molar-refractivity contribution in [2.45, 2.75) is 6.92 Å². The Labute approximate surface area is 97.0 Å². The summed E-state index contributed by atoms with van der Waals surface area (Å²) in [7, 11) is 0. The molecule has 0 radical (unpaired) electrons. The molecular weight excluding hydrogens is 222 g/mol. The van der Waals surface area contributed by atoms with Crippen molar-refractivity contribution in [1.82, 2.24) is 9.97 Å². The van der Waals surface area contributed by atoms with E-state index < -0.39 is 0 Å². The Hall–Kier alpha value is -2.37. The molecule has 6 nitrogen and oxygen atoms in total. The van der Waals surface area contributed by atoms with Crippen LogP contribution in [0, 0.1) is 0 Å². The van der Waals surface area contributed by atoms with Gasteiger partial charge in [0.2, 0.25) is 12.4 Å². The molecule has 2 aromatic rings. The first kappa shape index (κ1) is 11.1. The maximum atomic E-state index is 11.5. The van der Waals surface area contributed by atoms with Gasteiger partial charge < -0.3 is 9.72 Å². The van der Waals surface area contributed by atoms with Gasteiger partial charge in [-0.2, -0.15) is 0 Å². The second-order valence-corrected chi connectivity index (χ2v) is 3.30. The van der Waals surface area contributed by atoms with Crippen LogP contribution in [0.5, 0.6) is 0 Å². The number of benzene rings is 1. The molecule has 0 spiro atoms. The number of nitrogens with one attached hydrogen (secondary N) is 2. The minimum absolute atomic E-state index is 0.331. The molecule has 0 atom stereocenters. The molecule has 1 aromatic carbocycles. The van der Waals surface area contributed by atoms with E-state index in [0.717, 1.165) is 0 Å². The van der Waals surface area contributed by atoms with Gasteiger partial charge in [-0.05, 0) is 25.1 Å². The molecular formula is C11H11N3O3. The molecule has 0 aliphatic heterocycles. The van der Waals surface area contributed by atoms with Crippen molar-refractivity contribution in [1.29, 1.82) is 0 Å². The molecule has 0 aliphatic carbocycles. The standard InChI is InChI=1S/C11H11N3O3/c1-2-17-10(16)7-3-4-8-9(5-7)14-11(13-8)12-6-15/h3-6H,2H2,1H3,(H2,12,13,14,15). The summed E-state index contributed by atoms with van der Waals surface area (Å²) in [5, 5.41) is 2.41. The van der Waals surface area contributed by atoms with Crippen LogP contribution < -0.4 is 5.32 Å². The Kier molecular flexibility index (Phi) is 3.04. The fourth-order valence-electron chi connectivity index (χ4n) is 1.48. The summed E-state index contributed by atoms with van der Waals surface area (Å²) >= 11 is 0. The first-order chi connectivity index (χ1) is 8.24. The maximum absolute atomic E-state index is 11.5. The van der Waals surface area contributed by atoms with Crippen molar-refractivity contribution in [3.63, 3.8) is 0 Å². The van der Waals surface area contributed by atoms with E-state index in [1.165, 1.54) is 0 Å². The number of hydrogen-bond donors (Lipinski definition) is 2. The number of carbonyl (C=O) groups is 2. The van der Waals surface area contributed by atoms with Crippen molar-refractivity contribution in [3.8, 4) is 0 Å². The number of ether oxygens (including phenoxy) is 1. The lowest BCUT2D eigenvalue weighted by atomic mass is 10.2. The molecule has 0 fully saturated rings. The van der Waals surface area contributed by atoms with Gasteiger partial charge in [0.05, 0.1) is 23.2 Å². The van der Waals surface area contributed by atoms with E-state index in [0.29, 0.717) is 35.6 Å². The molecule has 17 heavy (non-hydrogen) atoms. The quantitative estimate of drug-likeness (QED) is 0.616. The average molecular weight is 233 g/mol. The van der Waals surface area contributed by atoms with Gasteiger partial charge in [0.15, 0.2) is 0 Å². The summed E-state index contributed by atoms with van der Waals surface area (Å²) < 4.78 is 4.89. The number of H-pyrrole nitrogens is 1. The smallest absolute Gasteiger partial charge is 0.338 e. The third-order valence-corrected chi connectivity index (χ3v) is 2.19. The average Bonchev–Trinajstić information content (AvgIpc) is 2.71. The molecule has 2 N–H and O–H groups in total. The van der Waals surface area contributed by atoms with Gasteiger partial charge >= 0.3 is 5.97 Å². The topological polar surface area (TPSA) is 84.1 Å². The summed E-state index contributed by atoms with van der Waals surface area (Å²) in [6.07, 6.45) is 0.532. The zero-order valence-corrected chi connectivity index (χ0v) is 9.19. The first-order valence-electron chi connectivity index (χ1n) is 5.11. The molecule has 88 valence electrons. The Morgan fingerprint density at radius 1 is 1.59 bits per heavy atom. The van der Waals surface area contributed by atoms with Crippen LogP contribution in [0.4, 0.5) is 5.95 Å². The third-order valence-electron chi connectivity index (χ3n) is 2.19. The van der Waals surface area contributed by atoms with Crippen LogP contribution in [-0.2, 0) is 9.53 Å². The zero-order chi connectivity index (χ0) is 12.3. The fourth-order valence-corrected chi connectivity index (χ4v) is 1.48. The number of carbonyl (C=O) groups excluding carboxylic acids is 2. The first-order valence-corrected chi connectivity index (χ1v) is 5.11. The molecule has 6 heteroatoms. The Balaban J connectivity index is 2.36. The van der Waals surface area contributed by atoms with Gasteiger partial charge in [-0.1, -0.05) is 0 Å². The number of rotatable bonds is 4. The van der Waals surface area contributed by atoms with Crippen molar-refractivity contribution >= 4 is 29.4 Å². The number of amides is 1. The number of aromatic nitrogens is 2. The monoisotopic (exact) mass is 233 g/mol. The SMILES string of the molecule is CCOC(=O)c1ccc2nc(NC=O)[nH]c2c1. The highest BCUT2D eigenvalue weighted by molar-refractivity contribution is 5.94. The van der Waals surface area contributed by atoms with Gasteiger partial charge in [-0.15, -0.1) is 0 Å². The lowest BCUT2D eigenvalue weighted by Crippen LogP contribution is -2.04. The summed E-state index contributed by atoms with van der Waals surface area (Å²) in [6, 6.07) is 4.95. The van der Waals surface area contributed by atoms with Gasteiger partial charge in [0, 0.05) is 0 Å². The largest absolute Gasteiger partial charge is 0.462 e. The van der Waals surface area contributed by atoms with Crippen molar-refractivity contribution in [3.05, 3.63) is 23.8 Å². The number of fused-ring (bicyclic) bond motifs is 1. The van der Waals surface area contributed by atoms with Gasteiger partial charge in [0.1, 0.15) is 0 Å². The van der Waals surface area contributed by atoms with Crippen molar-refractivity contribution < 1.29 is 14.3 Å². The van der Waals surface area contributed by atoms with Crippen LogP contribution in [0.1, 0.15) is 17.3 Å². The number of esters is 1. The number of anilines is 1. The van der Waals surface area contributed by atoms with Crippen LogP contribution in [0.2, 0.25) is 0 Å². The summed E-state index contributed by atoms with van der Waals surface area (Å²) in [5.41, 5.74) is 1.78. The highest BCUT2D eigenvalue weighted by Gasteiger charge is 2.09. The number of nitrogens with zero attached hydrogens (tertiary/aromatic N) is 1. The van der Waals surface area contributed by atoms with Crippen LogP contribution in [0.15, 0.2) is 18.2 Å². The Morgan fingerprint density at radius 3 is 3.12 bits per heavy atom. The molecule has 1 heterocycles. The maximum Gasteiger partial charge on any atom is 0.338 e. The number of imidazole rings is 1. The van der Waals surface area contributed by atoms with Crippen LogP contribution in [0.25, 0.3) is 11.0 Å². The Morgan fingerprint density at radius 2 is 2.41 bits per heavy atom. The van der Waals surface area contributed by atoms with Crippen LogP contribution in [0.3, 0.4) is 0 Å².